The van der Waals surface area contributed by atoms with Gasteiger partial charge in [-0.1, -0.05) is 6.07 Å². The summed E-state index contributed by atoms with van der Waals surface area (Å²) in [6.07, 6.45) is 3.29. The van der Waals surface area contributed by atoms with Crippen LogP contribution in [-0.4, -0.2) is 27.8 Å². The Bertz CT molecular complexity index is 1120. The summed E-state index contributed by atoms with van der Waals surface area (Å²) in [6.45, 7) is 0.295. The van der Waals surface area contributed by atoms with Crippen LogP contribution >= 0.6 is 0 Å². The summed E-state index contributed by atoms with van der Waals surface area (Å²) in [5, 5.41) is 7.91. The van der Waals surface area contributed by atoms with Crippen molar-refractivity contribution in [1.29, 1.82) is 0 Å². The minimum absolute atomic E-state index is 0.177. The van der Waals surface area contributed by atoms with Gasteiger partial charge in [0.05, 0.1) is 17.1 Å². The van der Waals surface area contributed by atoms with Crippen molar-refractivity contribution in [2.45, 2.75) is 6.61 Å². The molecule has 4 rings (SSSR count). The zero-order chi connectivity index (χ0) is 19.5. The van der Waals surface area contributed by atoms with Crippen molar-refractivity contribution in [2.75, 3.05) is 12.4 Å². The third-order valence-electron chi connectivity index (χ3n) is 4.11. The van der Waals surface area contributed by atoms with E-state index in [0.29, 0.717) is 35.1 Å². The molecule has 0 fully saturated rings. The van der Waals surface area contributed by atoms with Crippen LogP contribution in [0.3, 0.4) is 0 Å². The predicted molar refractivity (Wildman–Crippen MR) is 102 cm³/mol. The van der Waals surface area contributed by atoms with Crippen LogP contribution in [0.5, 0.6) is 11.5 Å². The Kier molecular flexibility index (Phi) is 4.77. The van der Waals surface area contributed by atoms with Crippen molar-refractivity contribution < 1.29 is 18.7 Å². The smallest absolute Gasteiger partial charge is 0.292 e. The van der Waals surface area contributed by atoms with Crippen LogP contribution < -0.4 is 10.1 Å². The van der Waals surface area contributed by atoms with Crippen molar-refractivity contribution in [3.8, 4) is 11.5 Å². The number of benzene rings is 1. The molecule has 28 heavy (non-hydrogen) atoms. The molecule has 0 unspecified atom stereocenters. The second-order valence-electron chi connectivity index (χ2n) is 6.07. The molecule has 142 valence electrons. The molecule has 0 bridgehead atoms. The van der Waals surface area contributed by atoms with E-state index in [0.717, 1.165) is 5.52 Å². The number of carbonyl (C=O) groups is 1. The zero-order valence-corrected chi connectivity index (χ0v) is 15.4. The molecule has 1 amide bonds. The van der Waals surface area contributed by atoms with E-state index < -0.39 is 5.91 Å². The van der Waals surface area contributed by atoms with Crippen LogP contribution in [0.2, 0.25) is 0 Å². The lowest BCUT2D eigenvalue weighted by Crippen LogP contribution is -2.12. The molecule has 0 aliphatic heterocycles. The SMILES string of the molecule is COCc1ccc(C(=O)Nc2nn(C)c3cccc(Oc4cccnc4)c23)o1. The number of aryl methyl sites for hydroxylation is 1. The van der Waals surface area contributed by atoms with Gasteiger partial charge in [-0.2, -0.15) is 5.10 Å². The van der Waals surface area contributed by atoms with Crippen LogP contribution in [0.25, 0.3) is 10.9 Å². The second kappa shape index (κ2) is 7.53. The van der Waals surface area contributed by atoms with Gasteiger partial charge in [0, 0.05) is 20.4 Å². The van der Waals surface area contributed by atoms with E-state index >= 15 is 0 Å². The van der Waals surface area contributed by atoms with E-state index in [1.54, 1.807) is 55.5 Å². The second-order valence-corrected chi connectivity index (χ2v) is 6.07. The van der Waals surface area contributed by atoms with Gasteiger partial charge in [-0.3, -0.25) is 14.5 Å². The van der Waals surface area contributed by atoms with Crippen LogP contribution in [0, 0.1) is 0 Å². The number of rotatable bonds is 6. The number of aromatic nitrogens is 3. The van der Waals surface area contributed by atoms with E-state index in [-0.39, 0.29) is 5.76 Å². The van der Waals surface area contributed by atoms with Gasteiger partial charge in [0.2, 0.25) is 0 Å². The molecule has 0 atom stereocenters. The molecule has 0 aliphatic carbocycles. The van der Waals surface area contributed by atoms with Gasteiger partial charge < -0.3 is 19.2 Å². The molecule has 8 heteroatoms. The normalized spacial score (nSPS) is 10.9. The summed E-state index contributed by atoms with van der Waals surface area (Å²) in [5.41, 5.74) is 0.816. The number of ether oxygens (including phenoxy) is 2. The van der Waals surface area contributed by atoms with Gasteiger partial charge in [0.25, 0.3) is 5.91 Å². The fourth-order valence-corrected chi connectivity index (χ4v) is 2.88. The molecule has 0 saturated heterocycles. The number of furan rings is 1. The lowest BCUT2D eigenvalue weighted by atomic mass is 10.2. The standard InChI is InChI=1S/C20H18N4O4/c1-24-15-6-3-7-16(27-13-5-4-10-21-11-13)18(15)19(23-24)22-20(25)17-9-8-14(28-17)12-26-2/h3-11H,12H2,1-2H3,(H,22,23,25). The monoisotopic (exact) mass is 378 g/mol. The average Bonchev–Trinajstić information content (AvgIpc) is 3.29. The van der Waals surface area contributed by atoms with Crippen molar-refractivity contribution >= 4 is 22.6 Å². The highest BCUT2D eigenvalue weighted by Gasteiger charge is 2.19. The molecule has 1 aromatic carbocycles. The summed E-state index contributed by atoms with van der Waals surface area (Å²) in [6, 6.07) is 12.5. The molecule has 0 radical (unpaired) electrons. The molecule has 8 nitrogen and oxygen atoms in total. The highest BCUT2D eigenvalue weighted by atomic mass is 16.5. The molecule has 0 spiro atoms. The molecule has 3 heterocycles. The maximum atomic E-state index is 12.6. The summed E-state index contributed by atoms with van der Waals surface area (Å²) < 4.78 is 18.1. The Labute approximate surface area is 160 Å². The van der Waals surface area contributed by atoms with Gasteiger partial charge in [0.1, 0.15) is 23.9 Å². The van der Waals surface area contributed by atoms with Crippen molar-refractivity contribution in [2.24, 2.45) is 7.05 Å². The number of methoxy groups -OCH3 is 1. The number of anilines is 1. The molecule has 1 N–H and O–H groups in total. The molecule has 3 aromatic heterocycles. The van der Waals surface area contributed by atoms with Crippen LogP contribution in [0.15, 0.2) is 59.3 Å². The summed E-state index contributed by atoms with van der Waals surface area (Å²) in [7, 11) is 3.36. The minimum atomic E-state index is -0.404. The first-order valence-electron chi connectivity index (χ1n) is 8.58. The number of nitrogens with zero attached hydrogens (tertiary/aromatic N) is 3. The Balaban J connectivity index is 1.67. The van der Waals surface area contributed by atoms with E-state index in [1.165, 1.54) is 0 Å². The third kappa shape index (κ3) is 3.45. The van der Waals surface area contributed by atoms with Crippen LogP contribution in [0.1, 0.15) is 16.3 Å². The van der Waals surface area contributed by atoms with Crippen molar-refractivity contribution in [3.05, 3.63) is 66.4 Å². The summed E-state index contributed by atoms with van der Waals surface area (Å²) in [4.78, 5) is 16.7. The highest BCUT2D eigenvalue weighted by molar-refractivity contribution is 6.08. The number of hydrogen-bond acceptors (Lipinski definition) is 6. The van der Waals surface area contributed by atoms with E-state index in [2.05, 4.69) is 15.4 Å². The number of carbonyl (C=O) groups excluding carboxylic acids is 1. The topological polar surface area (TPSA) is 91.4 Å². The number of nitrogens with one attached hydrogen (secondary N) is 1. The maximum Gasteiger partial charge on any atom is 0.292 e. The number of amides is 1. The Morgan fingerprint density at radius 2 is 2.11 bits per heavy atom. The predicted octanol–water partition coefficient (Wildman–Crippen LogP) is 3.75. The van der Waals surface area contributed by atoms with Gasteiger partial charge in [0.15, 0.2) is 11.6 Å². The lowest BCUT2D eigenvalue weighted by molar-refractivity contribution is 0.0987. The maximum absolute atomic E-state index is 12.6. The Morgan fingerprint density at radius 3 is 2.89 bits per heavy atom. The lowest BCUT2D eigenvalue weighted by Gasteiger charge is -2.08. The van der Waals surface area contributed by atoms with E-state index in [4.69, 9.17) is 13.9 Å². The molecular formula is C20H18N4O4. The molecular weight excluding hydrogens is 360 g/mol. The highest BCUT2D eigenvalue weighted by Crippen LogP contribution is 2.34. The fraction of sp³-hybridized carbons (Fsp3) is 0.150. The van der Waals surface area contributed by atoms with Crippen LogP contribution in [0.4, 0.5) is 5.82 Å². The fourth-order valence-electron chi connectivity index (χ4n) is 2.88. The number of fused-ring (bicyclic) bond motifs is 1. The summed E-state index contributed by atoms with van der Waals surface area (Å²) in [5.74, 6) is 1.88. The van der Waals surface area contributed by atoms with Gasteiger partial charge in [-0.15, -0.1) is 0 Å². The molecule has 4 aromatic rings. The average molecular weight is 378 g/mol. The Hall–Kier alpha value is -3.65. The largest absolute Gasteiger partial charge is 0.455 e. The summed E-state index contributed by atoms with van der Waals surface area (Å²) >= 11 is 0. The quantitative estimate of drug-likeness (QED) is 0.549. The van der Waals surface area contributed by atoms with E-state index in [9.17, 15) is 4.79 Å². The van der Waals surface area contributed by atoms with Gasteiger partial charge >= 0.3 is 0 Å². The number of pyridine rings is 1. The zero-order valence-electron chi connectivity index (χ0n) is 15.4. The van der Waals surface area contributed by atoms with Gasteiger partial charge in [-0.05, 0) is 36.4 Å². The first-order valence-corrected chi connectivity index (χ1v) is 8.58. The first-order chi connectivity index (χ1) is 13.7. The first kappa shape index (κ1) is 17.7. The molecule has 0 saturated carbocycles. The van der Waals surface area contributed by atoms with Crippen molar-refractivity contribution in [1.82, 2.24) is 14.8 Å². The minimum Gasteiger partial charge on any atom is -0.455 e. The van der Waals surface area contributed by atoms with E-state index in [1.807, 2.05) is 18.2 Å². The van der Waals surface area contributed by atoms with Gasteiger partial charge in [-0.25, -0.2) is 0 Å². The number of hydrogen-bond donors (Lipinski definition) is 1. The van der Waals surface area contributed by atoms with Crippen LogP contribution in [-0.2, 0) is 18.4 Å². The Morgan fingerprint density at radius 1 is 1.21 bits per heavy atom. The molecule has 0 aliphatic rings. The third-order valence-corrected chi connectivity index (χ3v) is 4.11. The van der Waals surface area contributed by atoms with Crippen molar-refractivity contribution in [3.63, 3.8) is 0 Å².